The average molecular weight is 309 g/mol. The molecule has 0 bridgehead atoms. The van der Waals surface area contributed by atoms with E-state index in [-0.39, 0.29) is 0 Å². The molecule has 0 unspecified atom stereocenters. The van der Waals surface area contributed by atoms with Crippen molar-refractivity contribution in [3.8, 4) is 0 Å². The van der Waals surface area contributed by atoms with Crippen LogP contribution in [0.4, 0.5) is 18.3 Å². The number of nitrogens with zero attached hydrogens (tertiary/aromatic N) is 2. The van der Waals surface area contributed by atoms with Crippen molar-refractivity contribution >= 4 is 16.5 Å². The van der Waals surface area contributed by atoms with Crippen LogP contribution in [0.25, 0.3) is 0 Å². The molecule has 1 N–H and O–H groups in total. The Labute approximate surface area is 122 Å². The van der Waals surface area contributed by atoms with Gasteiger partial charge >= 0.3 is 6.18 Å². The molecule has 0 amide bonds. The van der Waals surface area contributed by atoms with Crippen LogP contribution in [-0.4, -0.2) is 30.8 Å². The quantitative estimate of drug-likeness (QED) is 0.794. The van der Waals surface area contributed by atoms with Gasteiger partial charge in [0.05, 0.1) is 0 Å². The molecule has 0 aliphatic rings. The minimum atomic E-state index is -4.20. The fraction of sp³-hybridized carbons (Fsp3) is 0.769. The predicted octanol–water partition coefficient (Wildman–Crippen LogP) is 3.67. The van der Waals surface area contributed by atoms with Gasteiger partial charge < -0.3 is 10.2 Å². The van der Waals surface area contributed by atoms with E-state index in [1.807, 2.05) is 6.92 Å². The Bertz CT molecular complexity index is 390. The fourth-order valence-electron chi connectivity index (χ4n) is 1.74. The number of hydrogen-bond donors (Lipinski definition) is 1. The summed E-state index contributed by atoms with van der Waals surface area (Å²) in [4.78, 5) is 6.39. The zero-order valence-corrected chi connectivity index (χ0v) is 12.9. The van der Waals surface area contributed by atoms with Gasteiger partial charge in [-0.1, -0.05) is 20.8 Å². The lowest BCUT2D eigenvalue weighted by Gasteiger charge is -2.22. The highest BCUT2D eigenvalue weighted by molar-refractivity contribution is 7.15. The molecular formula is C13H22F3N3S. The first-order valence-electron chi connectivity index (χ1n) is 6.79. The monoisotopic (exact) mass is 309 g/mol. The van der Waals surface area contributed by atoms with Gasteiger partial charge in [0.25, 0.3) is 0 Å². The molecule has 20 heavy (non-hydrogen) atoms. The summed E-state index contributed by atoms with van der Waals surface area (Å²) in [5, 5.41) is 3.71. The van der Waals surface area contributed by atoms with Gasteiger partial charge in [-0.2, -0.15) is 13.2 Å². The Morgan fingerprint density at radius 1 is 1.40 bits per heavy atom. The van der Waals surface area contributed by atoms with E-state index in [0.29, 0.717) is 30.6 Å². The molecule has 0 saturated carbocycles. The number of nitrogens with one attached hydrogen (secondary N) is 1. The molecule has 0 fully saturated rings. The van der Waals surface area contributed by atoms with E-state index in [4.69, 9.17) is 0 Å². The van der Waals surface area contributed by atoms with Crippen LogP contribution in [0, 0.1) is 5.92 Å². The molecule has 7 heteroatoms. The highest BCUT2D eigenvalue weighted by Crippen LogP contribution is 2.26. The van der Waals surface area contributed by atoms with E-state index in [1.54, 1.807) is 6.20 Å². The van der Waals surface area contributed by atoms with Crippen molar-refractivity contribution in [1.82, 2.24) is 10.3 Å². The van der Waals surface area contributed by atoms with E-state index in [0.717, 1.165) is 11.4 Å². The van der Waals surface area contributed by atoms with E-state index in [2.05, 4.69) is 24.1 Å². The third-order valence-corrected chi connectivity index (χ3v) is 3.59. The maximum Gasteiger partial charge on any atom is 0.406 e. The number of aromatic nitrogens is 1. The van der Waals surface area contributed by atoms with Gasteiger partial charge in [-0.25, -0.2) is 4.98 Å². The molecule has 1 aromatic rings. The van der Waals surface area contributed by atoms with Crippen LogP contribution >= 0.6 is 11.3 Å². The molecule has 0 aromatic carbocycles. The summed E-state index contributed by atoms with van der Waals surface area (Å²) in [6.45, 7) is 7.05. The van der Waals surface area contributed by atoms with Crippen LogP contribution in [0.5, 0.6) is 0 Å². The molecule has 0 spiro atoms. The number of alkyl halides is 3. The normalized spacial score (nSPS) is 12.2. The maximum atomic E-state index is 12.5. The zero-order valence-electron chi connectivity index (χ0n) is 12.1. The van der Waals surface area contributed by atoms with Crippen LogP contribution in [-0.2, 0) is 6.54 Å². The summed E-state index contributed by atoms with van der Waals surface area (Å²) in [6.07, 6.45) is -1.88. The molecule has 1 rings (SSSR count). The second-order valence-corrected chi connectivity index (χ2v) is 6.26. The van der Waals surface area contributed by atoms with Crippen LogP contribution in [0.15, 0.2) is 6.20 Å². The Morgan fingerprint density at radius 2 is 2.10 bits per heavy atom. The lowest BCUT2D eigenvalue weighted by atomic mass is 10.2. The lowest BCUT2D eigenvalue weighted by molar-refractivity contribution is -0.119. The Balaban J connectivity index is 2.61. The summed E-state index contributed by atoms with van der Waals surface area (Å²) >= 11 is 1.33. The highest BCUT2D eigenvalue weighted by atomic mass is 32.1. The van der Waals surface area contributed by atoms with Crippen LogP contribution in [0.3, 0.4) is 0 Å². The molecule has 0 aliphatic carbocycles. The molecule has 3 nitrogen and oxygen atoms in total. The molecule has 0 saturated heterocycles. The van der Waals surface area contributed by atoms with Gasteiger partial charge in [-0.05, 0) is 18.9 Å². The summed E-state index contributed by atoms with van der Waals surface area (Å²) in [6, 6.07) is 0. The minimum Gasteiger partial charge on any atom is -0.339 e. The lowest BCUT2D eigenvalue weighted by Crippen LogP contribution is -2.34. The van der Waals surface area contributed by atoms with Gasteiger partial charge in [0.15, 0.2) is 5.13 Å². The Hall–Kier alpha value is -0.820. The minimum absolute atomic E-state index is 0.367. The van der Waals surface area contributed by atoms with Crippen molar-refractivity contribution in [3.63, 3.8) is 0 Å². The smallest absolute Gasteiger partial charge is 0.339 e. The van der Waals surface area contributed by atoms with E-state index >= 15 is 0 Å². The predicted molar refractivity (Wildman–Crippen MR) is 77.2 cm³/mol. The fourth-order valence-corrected chi connectivity index (χ4v) is 2.64. The van der Waals surface area contributed by atoms with Crippen molar-refractivity contribution in [3.05, 3.63) is 11.1 Å². The van der Waals surface area contributed by atoms with E-state index in [1.165, 1.54) is 16.2 Å². The first-order valence-corrected chi connectivity index (χ1v) is 7.60. The summed E-state index contributed by atoms with van der Waals surface area (Å²) < 4.78 is 37.6. The summed E-state index contributed by atoms with van der Waals surface area (Å²) in [5.74, 6) is 0.546. The largest absolute Gasteiger partial charge is 0.406 e. The molecule has 116 valence electrons. The van der Waals surface area contributed by atoms with Crippen LogP contribution < -0.4 is 10.2 Å². The second kappa shape index (κ2) is 7.83. The van der Waals surface area contributed by atoms with E-state index in [9.17, 15) is 13.2 Å². The summed E-state index contributed by atoms with van der Waals surface area (Å²) in [5.41, 5.74) is 0. The van der Waals surface area contributed by atoms with Gasteiger partial charge in [-0.15, -0.1) is 11.3 Å². The number of thiazole rings is 1. The van der Waals surface area contributed by atoms with Crippen molar-refractivity contribution in [2.45, 2.75) is 39.9 Å². The topological polar surface area (TPSA) is 28.2 Å². The maximum absolute atomic E-state index is 12.5. The third kappa shape index (κ3) is 6.56. The average Bonchev–Trinajstić information content (AvgIpc) is 2.75. The Kier molecular flexibility index (Phi) is 6.75. The van der Waals surface area contributed by atoms with Gasteiger partial charge in [0.2, 0.25) is 0 Å². The molecular weight excluding hydrogens is 287 g/mol. The van der Waals surface area contributed by atoms with Gasteiger partial charge in [0.1, 0.15) is 6.54 Å². The number of halogens is 3. The zero-order chi connectivity index (χ0) is 15.2. The molecule has 1 aromatic heterocycles. The first kappa shape index (κ1) is 17.2. The van der Waals surface area contributed by atoms with E-state index < -0.39 is 12.7 Å². The van der Waals surface area contributed by atoms with Crippen LogP contribution in [0.2, 0.25) is 0 Å². The third-order valence-electron chi connectivity index (χ3n) is 2.53. The number of hydrogen-bond acceptors (Lipinski definition) is 4. The molecule has 1 heterocycles. The highest BCUT2D eigenvalue weighted by Gasteiger charge is 2.31. The molecule has 0 radical (unpaired) electrons. The summed E-state index contributed by atoms with van der Waals surface area (Å²) in [7, 11) is 0. The first-order chi connectivity index (χ1) is 9.31. The number of anilines is 1. The van der Waals surface area contributed by atoms with Gasteiger partial charge in [-0.3, -0.25) is 0 Å². The van der Waals surface area contributed by atoms with Crippen molar-refractivity contribution in [1.29, 1.82) is 0 Å². The Morgan fingerprint density at radius 3 is 2.65 bits per heavy atom. The molecule has 0 atom stereocenters. The number of rotatable bonds is 8. The SMILES string of the molecule is CCCN(CC(F)(F)F)c1ncc(CNCC(C)C)s1. The second-order valence-electron chi connectivity index (χ2n) is 5.17. The van der Waals surface area contributed by atoms with Crippen LogP contribution in [0.1, 0.15) is 32.1 Å². The van der Waals surface area contributed by atoms with Crippen molar-refractivity contribution in [2.24, 2.45) is 5.92 Å². The van der Waals surface area contributed by atoms with Crippen molar-refractivity contribution < 1.29 is 13.2 Å². The standard InChI is InChI=1S/C13H22F3N3S/c1-4-5-19(9-13(14,15)16)12-18-8-11(20-12)7-17-6-10(2)3/h8,10,17H,4-7,9H2,1-3H3. The molecule has 0 aliphatic heterocycles. The van der Waals surface area contributed by atoms with Crippen molar-refractivity contribution in [2.75, 3.05) is 24.5 Å². The van der Waals surface area contributed by atoms with Gasteiger partial charge in [0, 0.05) is 24.2 Å².